The summed E-state index contributed by atoms with van der Waals surface area (Å²) in [6, 6.07) is 7.42. The summed E-state index contributed by atoms with van der Waals surface area (Å²) in [7, 11) is 0. The highest BCUT2D eigenvalue weighted by Gasteiger charge is 1.98. The standard InChI is InChI=1S/C12H16BrNO2/c1-10(15)14-11-5-4-6-12(9-11)16-8-3-2-7-13/h4-6,9H,2-3,7-8H2,1H3,(H,14,15). The van der Waals surface area contributed by atoms with Gasteiger partial charge in [-0.1, -0.05) is 22.0 Å². The third-order valence-electron chi connectivity index (χ3n) is 1.95. The van der Waals surface area contributed by atoms with Gasteiger partial charge >= 0.3 is 0 Å². The van der Waals surface area contributed by atoms with Crippen LogP contribution in [0, 0.1) is 0 Å². The number of halogens is 1. The maximum Gasteiger partial charge on any atom is 0.221 e. The molecule has 0 spiro atoms. The van der Waals surface area contributed by atoms with Crippen LogP contribution in [0.25, 0.3) is 0 Å². The van der Waals surface area contributed by atoms with Crippen molar-refractivity contribution in [2.24, 2.45) is 0 Å². The monoisotopic (exact) mass is 285 g/mol. The Morgan fingerprint density at radius 3 is 2.94 bits per heavy atom. The predicted molar refractivity (Wildman–Crippen MR) is 69.3 cm³/mol. The minimum Gasteiger partial charge on any atom is -0.494 e. The van der Waals surface area contributed by atoms with Crippen LogP contribution in [-0.4, -0.2) is 17.8 Å². The molecule has 0 atom stereocenters. The van der Waals surface area contributed by atoms with Gasteiger partial charge in [0.1, 0.15) is 5.75 Å². The maximum absolute atomic E-state index is 10.9. The van der Waals surface area contributed by atoms with E-state index in [0.29, 0.717) is 6.61 Å². The average Bonchev–Trinajstić information content (AvgIpc) is 2.24. The van der Waals surface area contributed by atoms with E-state index in [1.807, 2.05) is 24.3 Å². The van der Waals surface area contributed by atoms with Gasteiger partial charge in [-0.05, 0) is 25.0 Å². The summed E-state index contributed by atoms with van der Waals surface area (Å²) in [6.07, 6.45) is 2.13. The maximum atomic E-state index is 10.9. The quantitative estimate of drug-likeness (QED) is 0.644. The minimum absolute atomic E-state index is 0.0727. The van der Waals surface area contributed by atoms with Crippen molar-refractivity contribution < 1.29 is 9.53 Å². The number of nitrogens with one attached hydrogen (secondary N) is 1. The van der Waals surface area contributed by atoms with Crippen LogP contribution in [0.3, 0.4) is 0 Å². The summed E-state index contributed by atoms with van der Waals surface area (Å²) in [5.74, 6) is 0.720. The van der Waals surface area contributed by atoms with E-state index in [2.05, 4.69) is 21.2 Å². The normalized spacial score (nSPS) is 9.88. The van der Waals surface area contributed by atoms with Crippen molar-refractivity contribution in [2.75, 3.05) is 17.3 Å². The lowest BCUT2D eigenvalue weighted by Crippen LogP contribution is -2.06. The molecule has 1 aromatic carbocycles. The van der Waals surface area contributed by atoms with E-state index in [-0.39, 0.29) is 5.91 Å². The molecule has 88 valence electrons. The number of alkyl halides is 1. The number of amides is 1. The van der Waals surface area contributed by atoms with Gasteiger partial charge in [-0.25, -0.2) is 0 Å². The Bertz CT molecular complexity index is 342. The molecule has 0 aromatic heterocycles. The fourth-order valence-electron chi connectivity index (χ4n) is 1.25. The smallest absolute Gasteiger partial charge is 0.221 e. The molecule has 0 aliphatic heterocycles. The van der Waals surface area contributed by atoms with Crippen molar-refractivity contribution in [1.29, 1.82) is 0 Å². The summed E-state index contributed by atoms with van der Waals surface area (Å²) < 4.78 is 5.56. The zero-order chi connectivity index (χ0) is 11.8. The molecule has 1 rings (SSSR count). The lowest BCUT2D eigenvalue weighted by atomic mass is 10.3. The Balaban J connectivity index is 2.44. The summed E-state index contributed by atoms with van der Waals surface area (Å²) in [5, 5.41) is 3.72. The number of rotatable bonds is 6. The number of carbonyl (C=O) groups excluding carboxylic acids is 1. The second-order valence-electron chi connectivity index (χ2n) is 3.45. The summed E-state index contributed by atoms with van der Waals surface area (Å²) in [5.41, 5.74) is 0.769. The van der Waals surface area contributed by atoms with E-state index in [1.54, 1.807) is 0 Å². The molecule has 16 heavy (non-hydrogen) atoms. The van der Waals surface area contributed by atoms with Crippen molar-refractivity contribution >= 4 is 27.5 Å². The van der Waals surface area contributed by atoms with Crippen LogP contribution in [0.5, 0.6) is 5.75 Å². The van der Waals surface area contributed by atoms with Gasteiger partial charge in [-0.15, -0.1) is 0 Å². The molecule has 0 unspecified atom stereocenters. The van der Waals surface area contributed by atoms with Crippen LogP contribution in [0.2, 0.25) is 0 Å². The first-order chi connectivity index (χ1) is 7.72. The molecule has 0 radical (unpaired) electrons. The molecule has 3 nitrogen and oxygen atoms in total. The predicted octanol–water partition coefficient (Wildman–Crippen LogP) is 3.20. The van der Waals surface area contributed by atoms with Gasteiger partial charge < -0.3 is 10.1 Å². The van der Waals surface area contributed by atoms with Gasteiger partial charge in [-0.2, -0.15) is 0 Å². The second-order valence-corrected chi connectivity index (χ2v) is 4.25. The second kappa shape index (κ2) is 7.28. The van der Waals surface area contributed by atoms with Crippen LogP contribution in [0.15, 0.2) is 24.3 Å². The lowest BCUT2D eigenvalue weighted by Gasteiger charge is -2.07. The first-order valence-electron chi connectivity index (χ1n) is 5.29. The third-order valence-corrected chi connectivity index (χ3v) is 2.51. The third kappa shape index (κ3) is 5.16. The topological polar surface area (TPSA) is 38.3 Å². The fourth-order valence-corrected chi connectivity index (χ4v) is 1.65. The van der Waals surface area contributed by atoms with Crippen LogP contribution < -0.4 is 10.1 Å². The highest BCUT2D eigenvalue weighted by atomic mass is 79.9. The first kappa shape index (κ1) is 13.0. The molecule has 0 aliphatic rings. The Labute approximate surface area is 104 Å². The Kier molecular flexibility index (Phi) is 5.93. The van der Waals surface area contributed by atoms with Gasteiger partial charge in [0.25, 0.3) is 0 Å². The number of unbranched alkanes of at least 4 members (excludes halogenated alkanes) is 1. The zero-order valence-corrected chi connectivity index (χ0v) is 10.9. The highest BCUT2D eigenvalue weighted by Crippen LogP contribution is 2.17. The Morgan fingerprint density at radius 2 is 2.25 bits per heavy atom. The van der Waals surface area contributed by atoms with Crippen LogP contribution >= 0.6 is 15.9 Å². The van der Waals surface area contributed by atoms with E-state index in [4.69, 9.17) is 4.74 Å². The zero-order valence-electron chi connectivity index (χ0n) is 9.33. The molecular weight excluding hydrogens is 270 g/mol. The number of anilines is 1. The molecule has 0 saturated heterocycles. The molecule has 1 N–H and O–H groups in total. The molecule has 0 fully saturated rings. The average molecular weight is 286 g/mol. The number of ether oxygens (including phenoxy) is 1. The van der Waals surface area contributed by atoms with Crippen molar-refractivity contribution in [3.63, 3.8) is 0 Å². The van der Waals surface area contributed by atoms with Gasteiger partial charge in [-0.3, -0.25) is 4.79 Å². The van der Waals surface area contributed by atoms with Crippen molar-refractivity contribution in [1.82, 2.24) is 0 Å². The molecule has 1 aromatic rings. The molecule has 0 heterocycles. The lowest BCUT2D eigenvalue weighted by molar-refractivity contribution is -0.114. The first-order valence-corrected chi connectivity index (χ1v) is 6.41. The van der Waals surface area contributed by atoms with Gasteiger partial charge in [0.05, 0.1) is 6.61 Å². The molecule has 0 saturated carbocycles. The minimum atomic E-state index is -0.0727. The molecular formula is C12H16BrNO2. The number of hydrogen-bond acceptors (Lipinski definition) is 2. The van der Waals surface area contributed by atoms with E-state index < -0.39 is 0 Å². The van der Waals surface area contributed by atoms with Crippen molar-refractivity contribution in [2.45, 2.75) is 19.8 Å². The van der Waals surface area contributed by atoms with Crippen LogP contribution in [0.4, 0.5) is 5.69 Å². The van der Waals surface area contributed by atoms with Gasteiger partial charge in [0.2, 0.25) is 5.91 Å². The molecule has 4 heteroatoms. The van der Waals surface area contributed by atoms with Gasteiger partial charge in [0, 0.05) is 24.0 Å². The van der Waals surface area contributed by atoms with E-state index in [9.17, 15) is 4.79 Å². The molecule has 0 aliphatic carbocycles. The van der Waals surface area contributed by atoms with Crippen molar-refractivity contribution in [3.8, 4) is 5.75 Å². The van der Waals surface area contributed by atoms with Crippen LogP contribution in [-0.2, 0) is 4.79 Å². The molecule has 0 bridgehead atoms. The van der Waals surface area contributed by atoms with E-state index in [1.165, 1.54) is 6.92 Å². The number of carbonyl (C=O) groups is 1. The summed E-state index contributed by atoms with van der Waals surface area (Å²) in [4.78, 5) is 10.9. The van der Waals surface area contributed by atoms with Crippen LogP contribution in [0.1, 0.15) is 19.8 Å². The van der Waals surface area contributed by atoms with Gasteiger partial charge in [0.15, 0.2) is 0 Å². The van der Waals surface area contributed by atoms with E-state index >= 15 is 0 Å². The largest absolute Gasteiger partial charge is 0.494 e. The number of hydrogen-bond donors (Lipinski definition) is 1. The fraction of sp³-hybridized carbons (Fsp3) is 0.417. The highest BCUT2D eigenvalue weighted by molar-refractivity contribution is 9.09. The van der Waals surface area contributed by atoms with Crippen molar-refractivity contribution in [3.05, 3.63) is 24.3 Å². The Hall–Kier alpha value is -1.03. The summed E-state index contributed by atoms with van der Waals surface area (Å²) >= 11 is 3.37. The van der Waals surface area contributed by atoms with E-state index in [0.717, 1.165) is 29.6 Å². The Morgan fingerprint density at radius 1 is 1.44 bits per heavy atom. The SMILES string of the molecule is CC(=O)Nc1cccc(OCCCCBr)c1. The number of benzene rings is 1. The summed E-state index contributed by atoms with van der Waals surface area (Å²) in [6.45, 7) is 2.19. The molecule has 1 amide bonds.